The van der Waals surface area contributed by atoms with Gasteiger partial charge in [-0.05, 0) is 43.2 Å². The van der Waals surface area contributed by atoms with Gasteiger partial charge in [-0.2, -0.15) is 0 Å². The van der Waals surface area contributed by atoms with Gasteiger partial charge in [-0.3, -0.25) is 4.98 Å². The molecule has 4 heteroatoms. The maximum Gasteiger partial charge on any atom is 0.119 e. The zero-order valence-electron chi connectivity index (χ0n) is 13.4. The normalized spacial score (nSPS) is 15.4. The Morgan fingerprint density at radius 2 is 2.14 bits per heavy atom. The summed E-state index contributed by atoms with van der Waals surface area (Å²) in [6.07, 6.45) is 8.40. The van der Waals surface area contributed by atoms with Crippen LogP contribution < -0.4 is 10.1 Å². The molecule has 1 fully saturated rings. The number of fused-ring (bicyclic) bond motifs is 1. The Bertz CT molecular complexity index is 638. The molecule has 1 aliphatic carbocycles. The van der Waals surface area contributed by atoms with Crippen molar-refractivity contribution in [1.82, 2.24) is 4.98 Å². The SMILES string of the molecule is CCCSc1cnc2ccc(OC)cc2c1NC1CCCC1. The molecule has 0 atom stereocenters. The second kappa shape index (κ2) is 7.23. The molecule has 1 aromatic heterocycles. The number of nitrogens with one attached hydrogen (secondary N) is 1. The van der Waals surface area contributed by atoms with Crippen molar-refractivity contribution < 1.29 is 4.74 Å². The highest BCUT2D eigenvalue weighted by atomic mass is 32.2. The number of hydrogen-bond donors (Lipinski definition) is 1. The minimum absolute atomic E-state index is 0.595. The highest BCUT2D eigenvalue weighted by Gasteiger charge is 2.18. The Morgan fingerprint density at radius 1 is 1.32 bits per heavy atom. The molecule has 118 valence electrons. The van der Waals surface area contributed by atoms with E-state index in [1.807, 2.05) is 30.1 Å². The van der Waals surface area contributed by atoms with Gasteiger partial charge in [0, 0.05) is 22.5 Å². The monoisotopic (exact) mass is 316 g/mol. The summed E-state index contributed by atoms with van der Waals surface area (Å²) in [7, 11) is 1.72. The van der Waals surface area contributed by atoms with Gasteiger partial charge in [0.15, 0.2) is 0 Å². The Labute approximate surface area is 136 Å². The number of methoxy groups -OCH3 is 1. The average Bonchev–Trinajstić information content (AvgIpc) is 3.06. The zero-order valence-corrected chi connectivity index (χ0v) is 14.2. The van der Waals surface area contributed by atoms with Crippen molar-refractivity contribution in [3.8, 4) is 5.75 Å². The van der Waals surface area contributed by atoms with Crippen LogP contribution in [0.2, 0.25) is 0 Å². The summed E-state index contributed by atoms with van der Waals surface area (Å²) in [4.78, 5) is 5.89. The maximum absolute atomic E-state index is 5.41. The van der Waals surface area contributed by atoms with Crippen LogP contribution in [0, 0.1) is 0 Å². The average molecular weight is 316 g/mol. The quantitative estimate of drug-likeness (QED) is 0.752. The minimum atomic E-state index is 0.595. The molecule has 0 radical (unpaired) electrons. The predicted molar refractivity (Wildman–Crippen MR) is 95.2 cm³/mol. The number of nitrogens with zero attached hydrogens (tertiary/aromatic N) is 1. The molecule has 0 bridgehead atoms. The number of hydrogen-bond acceptors (Lipinski definition) is 4. The molecule has 1 heterocycles. The first-order valence-corrected chi connectivity index (χ1v) is 9.16. The van der Waals surface area contributed by atoms with Crippen LogP contribution in [0.15, 0.2) is 29.3 Å². The number of rotatable bonds is 6. The molecule has 1 N–H and O–H groups in total. The van der Waals surface area contributed by atoms with E-state index in [4.69, 9.17) is 4.74 Å². The van der Waals surface area contributed by atoms with Crippen LogP contribution >= 0.6 is 11.8 Å². The molecule has 3 nitrogen and oxygen atoms in total. The number of thioether (sulfide) groups is 1. The first kappa shape index (κ1) is 15.5. The Kier molecular flexibility index (Phi) is 5.08. The van der Waals surface area contributed by atoms with Crippen molar-refractivity contribution in [3.05, 3.63) is 24.4 Å². The van der Waals surface area contributed by atoms with Crippen molar-refractivity contribution in [2.24, 2.45) is 0 Å². The lowest BCUT2D eigenvalue weighted by molar-refractivity contribution is 0.415. The van der Waals surface area contributed by atoms with Crippen LogP contribution in [0.3, 0.4) is 0 Å². The molecule has 1 aliphatic rings. The van der Waals surface area contributed by atoms with E-state index in [0.717, 1.165) is 17.0 Å². The standard InChI is InChI=1S/C18H24N2OS/c1-3-10-22-17-12-19-16-9-8-14(21-2)11-15(16)18(17)20-13-6-4-5-7-13/h8-9,11-13H,3-7,10H2,1-2H3,(H,19,20). The first-order valence-electron chi connectivity index (χ1n) is 8.18. The zero-order chi connectivity index (χ0) is 15.4. The van der Waals surface area contributed by atoms with Gasteiger partial charge < -0.3 is 10.1 Å². The molecule has 0 unspecified atom stereocenters. The summed E-state index contributed by atoms with van der Waals surface area (Å²) >= 11 is 1.89. The third-order valence-electron chi connectivity index (χ3n) is 4.21. The van der Waals surface area contributed by atoms with E-state index in [1.54, 1.807) is 7.11 Å². The minimum Gasteiger partial charge on any atom is -0.497 e. The molecule has 0 aliphatic heterocycles. The van der Waals surface area contributed by atoms with Crippen LogP contribution in [0.25, 0.3) is 10.9 Å². The van der Waals surface area contributed by atoms with E-state index in [0.29, 0.717) is 6.04 Å². The molecule has 0 amide bonds. The fourth-order valence-corrected chi connectivity index (χ4v) is 3.89. The van der Waals surface area contributed by atoms with Crippen molar-refractivity contribution in [1.29, 1.82) is 0 Å². The van der Waals surface area contributed by atoms with Gasteiger partial charge in [-0.15, -0.1) is 11.8 Å². The first-order chi connectivity index (χ1) is 10.8. The van der Waals surface area contributed by atoms with Crippen LogP contribution in [0.5, 0.6) is 5.75 Å². The molecule has 1 aromatic carbocycles. The summed E-state index contributed by atoms with van der Waals surface area (Å²) in [6, 6.07) is 6.73. The van der Waals surface area contributed by atoms with Gasteiger partial charge in [0.1, 0.15) is 5.75 Å². The molecule has 22 heavy (non-hydrogen) atoms. The van der Waals surface area contributed by atoms with Gasteiger partial charge in [-0.1, -0.05) is 19.8 Å². The van der Waals surface area contributed by atoms with E-state index in [2.05, 4.69) is 23.3 Å². The predicted octanol–water partition coefficient (Wildman–Crippen LogP) is 5.10. The van der Waals surface area contributed by atoms with Gasteiger partial charge >= 0.3 is 0 Å². The second-order valence-corrected chi connectivity index (χ2v) is 6.99. The van der Waals surface area contributed by atoms with E-state index >= 15 is 0 Å². The van der Waals surface area contributed by atoms with Crippen molar-refractivity contribution >= 4 is 28.4 Å². The van der Waals surface area contributed by atoms with Crippen molar-refractivity contribution in [2.75, 3.05) is 18.2 Å². The summed E-state index contributed by atoms with van der Waals surface area (Å²) in [5.41, 5.74) is 2.27. The lowest BCUT2D eigenvalue weighted by Crippen LogP contribution is -2.15. The Morgan fingerprint density at radius 3 is 2.86 bits per heavy atom. The maximum atomic E-state index is 5.41. The van der Waals surface area contributed by atoms with Crippen molar-refractivity contribution in [3.63, 3.8) is 0 Å². The number of benzene rings is 1. The number of pyridine rings is 1. The van der Waals surface area contributed by atoms with Gasteiger partial charge in [0.05, 0.1) is 18.3 Å². The van der Waals surface area contributed by atoms with Crippen molar-refractivity contribution in [2.45, 2.75) is 50.0 Å². The Hall–Kier alpha value is -1.42. The third kappa shape index (κ3) is 3.32. The third-order valence-corrected chi connectivity index (χ3v) is 5.44. The summed E-state index contributed by atoms with van der Waals surface area (Å²) in [5, 5.41) is 4.97. The van der Waals surface area contributed by atoms with Crippen LogP contribution in [-0.4, -0.2) is 23.9 Å². The van der Waals surface area contributed by atoms with Crippen LogP contribution in [0.4, 0.5) is 5.69 Å². The number of anilines is 1. The molecule has 3 rings (SSSR count). The number of aromatic nitrogens is 1. The smallest absolute Gasteiger partial charge is 0.119 e. The summed E-state index contributed by atoms with van der Waals surface area (Å²) in [6.45, 7) is 2.22. The lowest BCUT2D eigenvalue weighted by atomic mass is 10.1. The summed E-state index contributed by atoms with van der Waals surface area (Å²) < 4.78 is 5.41. The van der Waals surface area contributed by atoms with E-state index in [1.165, 1.54) is 48.1 Å². The molecule has 2 aromatic rings. The second-order valence-electron chi connectivity index (χ2n) is 5.85. The molecular weight excluding hydrogens is 292 g/mol. The molecule has 0 spiro atoms. The van der Waals surface area contributed by atoms with E-state index in [9.17, 15) is 0 Å². The van der Waals surface area contributed by atoms with E-state index in [-0.39, 0.29) is 0 Å². The lowest BCUT2D eigenvalue weighted by Gasteiger charge is -2.19. The highest BCUT2D eigenvalue weighted by molar-refractivity contribution is 7.99. The van der Waals surface area contributed by atoms with Crippen LogP contribution in [0.1, 0.15) is 39.0 Å². The molecular formula is C18H24N2OS. The van der Waals surface area contributed by atoms with Gasteiger partial charge in [0.2, 0.25) is 0 Å². The van der Waals surface area contributed by atoms with E-state index < -0.39 is 0 Å². The molecule has 0 saturated heterocycles. The van der Waals surface area contributed by atoms with Gasteiger partial charge in [0.25, 0.3) is 0 Å². The van der Waals surface area contributed by atoms with Crippen LogP contribution in [-0.2, 0) is 0 Å². The number of ether oxygens (including phenoxy) is 1. The van der Waals surface area contributed by atoms with Gasteiger partial charge in [-0.25, -0.2) is 0 Å². The largest absolute Gasteiger partial charge is 0.497 e. The fraction of sp³-hybridized carbons (Fsp3) is 0.500. The topological polar surface area (TPSA) is 34.1 Å². The molecule has 1 saturated carbocycles. The highest BCUT2D eigenvalue weighted by Crippen LogP contribution is 2.37. The summed E-state index contributed by atoms with van der Waals surface area (Å²) in [5.74, 6) is 2.01. The Balaban J connectivity index is 2.03. The fourth-order valence-electron chi connectivity index (χ4n) is 3.03.